The molecule has 57 heavy (non-hydrogen) atoms. The number of hydrogen-bond acceptors (Lipinski definition) is 4. The van der Waals surface area contributed by atoms with Gasteiger partial charge in [-0.05, 0) is 77.0 Å². The molecule has 0 aromatic carbocycles. The monoisotopic (exact) mass is 799 g/mol. The van der Waals surface area contributed by atoms with Crippen molar-refractivity contribution in [3.8, 4) is 0 Å². The van der Waals surface area contributed by atoms with Crippen LogP contribution in [0, 0.1) is 0 Å². The number of allylic oxidation sites excluding steroid dienone is 8. The number of carbonyl (C=O) groups is 1. The molecule has 0 bridgehead atoms. The van der Waals surface area contributed by atoms with E-state index in [9.17, 15) is 9.90 Å². The summed E-state index contributed by atoms with van der Waals surface area (Å²) in [6, 6.07) is 0. The predicted octanol–water partition coefficient (Wildman–Crippen LogP) is 17.0. The number of carbonyl (C=O) groups excluding carboxylic acids is 1. The molecule has 4 nitrogen and oxygen atoms in total. The Labute approximate surface area is 356 Å². The summed E-state index contributed by atoms with van der Waals surface area (Å²) in [5.74, 6) is -0.202. The van der Waals surface area contributed by atoms with E-state index in [0.717, 1.165) is 32.1 Å². The van der Waals surface area contributed by atoms with Gasteiger partial charge in [0.2, 0.25) is 0 Å². The predicted molar refractivity (Wildman–Crippen MR) is 251 cm³/mol. The Morgan fingerprint density at radius 1 is 0.421 bits per heavy atom. The first kappa shape index (κ1) is 55.4. The van der Waals surface area contributed by atoms with Gasteiger partial charge in [-0.1, -0.05) is 223 Å². The molecule has 0 aliphatic heterocycles. The Bertz CT molecular complexity index is 889. The van der Waals surface area contributed by atoms with Gasteiger partial charge >= 0.3 is 5.97 Å². The summed E-state index contributed by atoms with van der Waals surface area (Å²) in [4.78, 5) is 12.3. The summed E-state index contributed by atoms with van der Waals surface area (Å²) in [6.45, 7) is 5.33. The first-order valence-corrected chi connectivity index (χ1v) is 25.2. The van der Waals surface area contributed by atoms with Gasteiger partial charge in [0.05, 0.1) is 13.2 Å². The van der Waals surface area contributed by atoms with Gasteiger partial charge in [0.1, 0.15) is 6.10 Å². The lowest BCUT2D eigenvalue weighted by atomic mass is 10.0. The van der Waals surface area contributed by atoms with Crippen LogP contribution in [-0.2, 0) is 14.3 Å². The molecule has 1 N–H and O–H groups in total. The third-order valence-electron chi connectivity index (χ3n) is 11.1. The molecule has 0 aliphatic carbocycles. The zero-order valence-corrected chi connectivity index (χ0v) is 38.4. The molecule has 334 valence electrons. The summed E-state index contributed by atoms with van der Waals surface area (Å²) < 4.78 is 11.2. The van der Waals surface area contributed by atoms with Crippen molar-refractivity contribution in [3.63, 3.8) is 0 Å². The maximum absolute atomic E-state index is 12.3. The first-order chi connectivity index (χ1) is 28.2. The van der Waals surface area contributed by atoms with Crippen molar-refractivity contribution < 1.29 is 19.4 Å². The van der Waals surface area contributed by atoms with Crippen molar-refractivity contribution in [2.45, 2.75) is 264 Å². The summed E-state index contributed by atoms with van der Waals surface area (Å²) in [6.07, 6.45) is 66.3. The zero-order chi connectivity index (χ0) is 41.2. The van der Waals surface area contributed by atoms with E-state index < -0.39 is 6.10 Å². The van der Waals surface area contributed by atoms with E-state index in [4.69, 9.17) is 9.47 Å². The minimum atomic E-state index is -0.541. The molecule has 0 saturated heterocycles. The molecule has 1 unspecified atom stereocenters. The van der Waals surface area contributed by atoms with Crippen LogP contribution in [0.5, 0.6) is 0 Å². The molecule has 0 aromatic rings. The van der Waals surface area contributed by atoms with Gasteiger partial charge in [0.25, 0.3) is 0 Å². The van der Waals surface area contributed by atoms with E-state index in [0.29, 0.717) is 19.6 Å². The highest BCUT2D eigenvalue weighted by Crippen LogP contribution is 2.15. The lowest BCUT2D eigenvalue weighted by molar-refractivity contribution is -0.154. The molecule has 0 heterocycles. The lowest BCUT2D eigenvalue weighted by Gasteiger charge is -2.16. The van der Waals surface area contributed by atoms with Crippen LogP contribution in [-0.4, -0.2) is 37.0 Å². The summed E-state index contributed by atoms with van der Waals surface area (Å²) >= 11 is 0. The van der Waals surface area contributed by atoms with E-state index in [1.54, 1.807) is 0 Å². The Morgan fingerprint density at radius 3 is 1.16 bits per heavy atom. The van der Waals surface area contributed by atoms with Crippen LogP contribution >= 0.6 is 0 Å². The SMILES string of the molecule is CCCCC/C=C\C/C=C\C/C=C\CCCCCCCCCOCC(CO)OC(=O)CCCCCCCCCCCCCCC/C=C\CCCCCCCCCC. The normalized spacial score (nSPS) is 12.7. The van der Waals surface area contributed by atoms with Gasteiger partial charge in [-0.3, -0.25) is 4.79 Å². The second-order valence-electron chi connectivity index (χ2n) is 16.9. The maximum Gasteiger partial charge on any atom is 0.306 e. The molecule has 1 atom stereocenters. The van der Waals surface area contributed by atoms with Crippen molar-refractivity contribution in [2.75, 3.05) is 19.8 Å². The van der Waals surface area contributed by atoms with Gasteiger partial charge in [-0.25, -0.2) is 0 Å². The number of aliphatic hydroxyl groups is 1. The second-order valence-corrected chi connectivity index (χ2v) is 16.9. The molecule has 0 amide bonds. The van der Waals surface area contributed by atoms with Crippen molar-refractivity contribution in [1.29, 1.82) is 0 Å². The van der Waals surface area contributed by atoms with Crippen LogP contribution in [0.3, 0.4) is 0 Å². The van der Waals surface area contributed by atoms with Crippen LogP contribution in [0.15, 0.2) is 48.6 Å². The third-order valence-corrected chi connectivity index (χ3v) is 11.1. The highest BCUT2D eigenvalue weighted by molar-refractivity contribution is 5.69. The van der Waals surface area contributed by atoms with Gasteiger partial charge in [-0.2, -0.15) is 0 Å². The Hall–Kier alpha value is -1.65. The quantitative estimate of drug-likeness (QED) is 0.0378. The van der Waals surface area contributed by atoms with Gasteiger partial charge < -0.3 is 14.6 Å². The largest absolute Gasteiger partial charge is 0.457 e. The lowest BCUT2D eigenvalue weighted by Crippen LogP contribution is -2.27. The van der Waals surface area contributed by atoms with Crippen LogP contribution in [0.1, 0.15) is 258 Å². The number of unbranched alkanes of at least 4 members (excludes halogenated alkanes) is 31. The number of aliphatic hydroxyl groups excluding tert-OH is 1. The molecule has 0 aliphatic rings. The summed E-state index contributed by atoms with van der Waals surface area (Å²) in [7, 11) is 0. The fourth-order valence-electron chi connectivity index (χ4n) is 7.33. The van der Waals surface area contributed by atoms with E-state index in [1.165, 1.54) is 205 Å². The van der Waals surface area contributed by atoms with Crippen molar-refractivity contribution >= 4 is 5.97 Å². The second kappa shape index (κ2) is 50.5. The number of rotatable bonds is 47. The molecule has 0 spiro atoms. The Morgan fingerprint density at radius 2 is 0.737 bits per heavy atom. The average Bonchev–Trinajstić information content (AvgIpc) is 3.22. The minimum absolute atomic E-state index is 0.175. The molecule has 4 heteroatoms. The van der Waals surface area contributed by atoms with Crippen molar-refractivity contribution in [2.24, 2.45) is 0 Å². The summed E-state index contributed by atoms with van der Waals surface area (Å²) in [5.41, 5.74) is 0. The first-order valence-electron chi connectivity index (χ1n) is 25.2. The molecular weight excluding hydrogens is 701 g/mol. The molecule has 0 rings (SSSR count). The smallest absolute Gasteiger partial charge is 0.306 e. The number of hydrogen-bond donors (Lipinski definition) is 1. The fourth-order valence-corrected chi connectivity index (χ4v) is 7.33. The molecular formula is C53H98O4. The van der Waals surface area contributed by atoms with Crippen LogP contribution in [0.2, 0.25) is 0 Å². The molecule has 0 radical (unpaired) electrons. The highest BCUT2D eigenvalue weighted by Gasteiger charge is 2.13. The van der Waals surface area contributed by atoms with E-state index in [-0.39, 0.29) is 12.6 Å². The summed E-state index contributed by atoms with van der Waals surface area (Å²) in [5, 5.41) is 9.64. The van der Waals surface area contributed by atoms with E-state index in [1.807, 2.05) is 0 Å². The molecule has 0 saturated carbocycles. The van der Waals surface area contributed by atoms with Crippen LogP contribution in [0.4, 0.5) is 0 Å². The van der Waals surface area contributed by atoms with E-state index in [2.05, 4.69) is 62.5 Å². The van der Waals surface area contributed by atoms with Crippen molar-refractivity contribution in [3.05, 3.63) is 48.6 Å². The van der Waals surface area contributed by atoms with E-state index >= 15 is 0 Å². The molecule has 0 aromatic heterocycles. The fraction of sp³-hybridized carbons (Fsp3) is 0.830. The average molecular weight is 799 g/mol. The van der Waals surface area contributed by atoms with Crippen LogP contribution < -0.4 is 0 Å². The number of esters is 1. The Balaban J connectivity index is 3.41. The minimum Gasteiger partial charge on any atom is -0.457 e. The Kier molecular flexibility index (Phi) is 49.0. The van der Waals surface area contributed by atoms with Crippen LogP contribution in [0.25, 0.3) is 0 Å². The topological polar surface area (TPSA) is 55.8 Å². The van der Waals surface area contributed by atoms with Gasteiger partial charge in [0, 0.05) is 13.0 Å². The maximum atomic E-state index is 12.3. The van der Waals surface area contributed by atoms with Gasteiger partial charge in [-0.15, -0.1) is 0 Å². The highest BCUT2D eigenvalue weighted by atomic mass is 16.6. The molecule has 0 fully saturated rings. The number of ether oxygens (including phenoxy) is 2. The zero-order valence-electron chi connectivity index (χ0n) is 38.4. The third kappa shape index (κ3) is 48.6. The van der Waals surface area contributed by atoms with Gasteiger partial charge in [0.15, 0.2) is 0 Å². The van der Waals surface area contributed by atoms with Crippen molar-refractivity contribution in [1.82, 2.24) is 0 Å². The standard InChI is InChI=1S/C53H98O4/c1-3-5-7-9-11-13-15-17-19-21-23-25-26-27-28-29-30-32-34-36-38-40-42-44-46-48-53(55)57-52(50-54)51-56-49-47-45-43-41-39-37-35-33-31-24-22-20-18-16-14-12-10-8-6-4-2/h12,14,18,20-21,23-24,31,52,54H,3-11,13,15-17,19,22,25-30,32-51H2,1-2H3/b14-12-,20-18-,23-21-,31-24-.